The van der Waals surface area contributed by atoms with E-state index in [-0.39, 0.29) is 11.7 Å². The quantitative estimate of drug-likeness (QED) is 0.791. The van der Waals surface area contributed by atoms with Gasteiger partial charge in [-0.05, 0) is 42.5 Å². The molecule has 0 aliphatic heterocycles. The standard InChI is InChI=1S/C16H13NO4/c1-19-15-10-11(13-4-2-8-20-13)6-7-12(15)17-16(18)14-5-3-9-21-14/h2-10H,1H3,(H,17,18). The summed E-state index contributed by atoms with van der Waals surface area (Å²) in [4.78, 5) is 12.0. The summed E-state index contributed by atoms with van der Waals surface area (Å²) in [5, 5.41) is 2.75. The summed E-state index contributed by atoms with van der Waals surface area (Å²) in [6.45, 7) is 0. The van der Waals surface area contributed by atoms with Gasteiger partial charge in [-0.1, -0.05) is 0 Å². The molecule has 2 heterocycles. The van der Waals surface area contributed by atoms with Gasteiger partial charge in [-0.2, -0.15) is 0 Å². The number of anilines is 1. The summed E-state index contributed by atoms with van der Waals surface area (Å²) < 4.78 is 15.7. The van der Waals surface area contributed by atoms with Crippen molar-refractivity contribution in [3.63, 3.8) is 0 Å². The fourth-order valence-corrected chi connectivity index (χ4v) is 1.98. The molecule has 0 saturated heterocycles. The molecule has 0 fully saturated rings. The molecule has 5 heteroatoms. The molecule has 0 atom stereocenters. The van der Waals surface area contributed by atoms with Crippen molar-refractivity contribution in [2.45, 2.75) is 0 Å². The topological polar surface area (TPSA) is 64.6 Å². The van der Waals surface area contributed by atoms with E-state index in [2.05, 4.69) is 5.32 Å². The van der Waals surface area contributed by atoms with Gasteiger partial charge < -0.3 is 18.9 Å². The Bertz CT molecular complexity index is 730. The van der Waals surface area contributed by atoms with Crippen molar-refractivity contribution in [2.24, 2.45) is 0 Å². The first kappa shape index (κ1) is 13.1. The monoisotopic (exact) mass is 283 g/mol. The van der Waals surface area contributed by atoms with Crippen molar-refractivity contribution < 1.29 is 18.4 Å². The highest BCUT2D eigenvalue weighted by atomic mass is 16.5. The number of hydrogen-bond acceptors (Lipinski definition) is 4. The first-order valence-corrected chi connectivity index (χ1v) is 6.34. The molecule has 3 aromatic rings. The second kappa shape index (κ2) is 5.58. The Morgan fingerprint density at radius 2 is 1.90 bits per heavy atom. The van der Waals surface area contributed by atoms with Crippen LogP contribution < -0.4 is 10.1 Å². The van der Waals surface area contributed by atoms with Crippen LogP contribution in [0.25, 0.3) is 11.3 Å². The highest BCUT2D eigenvalue weighted by Gasteiger charge is 2.13. The number of benzene rings is 1. The maximum absolute atomic E-state index is 12.0. The lowest BCUT2D eigenvalue weighted by Crippen LogP contribution is -2.11. The van der Waals surface area contributed by atoms with Crippen LogP contribution >= 0.6 is 0 Å². The zero-order valence-electron chi connectivity index (χ0n) is 11.3. The number of amides is 1. The van der Waals surface area contributed by atoms with Crippen molar-refractivity contribution >= 4 is 11.6 Å². The molecule has 3 rings (SSSR count). The highest BCUT2D eigenvalue weighted by Crippen LogP contribution is 2.31. The maximum Gasteiger partial charge on any atom is 0.291 e. The number of carbonyl (C=O) groups excluding carboxylic acids is 1. The van der Waals surface area contributed by atoms with E-state index in [9.17, 15) is 4.79 Å². The van der Waals surface area contributed by atoms with Crippen LogP contribution in [0.5, 0.6) is 5.75 Å². The predicted octanol–water partition coefficient (Wildman–Crippen LogP) is 3.80. The largest absolute Gasteiger partial charge is 0.495 e. The SMILES string of the molecule is COc1cc(-c2ccco2)ccc1NC(=O)c1ccco1. The van der Waals surface area contributed by atoms with Gasteiger partial charge in [-0.15, -0.1) is 0 Å². The summed E-state index contributed by atoms with van der Waals surface area (Å²) in [7, 11) is 1.55. The number of nitrogens with one attached hydrogen (secondary N) is 1. The summed E-state index contributed by atoms with van der Waals surface area (Å²) in [6.07, 6.45) is 3.06. The van der Waals surface area contributed by atoms with Gasteiger partial charge >= 0.3 is 0 Å². The predicted molar refractivity (Wildman–Crippen MR) is 77.4 cm³/mol. The number of carbonyl (C=O) groups is 1. The second-order valence-corrected chi connectivity index (χ2v) is 4.32. The van der Waals surface area contributed by atoms with Crippen molar-refractivity contribution in [3.8, 4) is 17.1 Å². The molecule has 0 spiro atoms. The van der Waals surface area contributed by atoms with Gasteiger partial charge in [-0.3, -0.25) is 4.79 Å². The summed E-state index contributed by atoms with van der Waals surface area (Å²) >= 11 is 0. The Morgan fingerprint density at radius 3 is 2.57 bits per heavy atom. The molecule has 0 radical (unpaired) electrons. The molecule has 21 heavy (non-hydrogen) atoms. The second-order valence-electron chi connectivity index (χ2n) is 4.32. The molecule has 0 aliphatic rings. The third kappa shape index (κ3) is 2.67. The third-order valence-corrected chi connectivity index (χ3v) is 3.00. The van der Waals surface area contributed by atoms with E-state index in [1.807, 2.05) is 18.2 Å². The molecule has 1 amide bonds. The van der Waals surface area contributed by atoms with Gasteiger partial charge in [0.1, 0.15) is 11.5 Å². The van der Waals surface area contributed by atoms with Gasteiger partial charge in [0.25, 0.3) is 5.91 Å². The molecule has 1 N–H and O–H groups in total. The zero-order chi connectivity index (χ0) is 14.7. The average Bonchev–Trinajstić information content (AvgIpc) is 3.20. The molecule has 1 aromatic carbocycles. The molecule has 106 valence electrons. The normalized spacial score (nSPS) is 10.3. The molecular formula is C16H13NO4. The average molecular weight is 283 g/mol. The van der Waals surface area contributed by atoms with Crippen LogP contribution in [0.3, 0.4) is 0 Å². The molecule has 0 unspecified atom stereocenters. The van der Waals surface area contributed by atoms with Crippen LogP contribution in [0.4, 0.5) is 5.69 Å². The van der Waals surface area contributed by atoms with Crippen LogP contribution in [0, 0.1) is 0 Å². The fourth-order valence-electron chi connectivity index (χ4n) is 1.98. The minimum atomic E-state index is -0.330. The first-order chi connectivity index (χ1) is 10.3. The van der Waals surface area contributed by atoms with Crippen LogP contribution in [0.1, 0.15) is 10.6 Å². The van der Waals surface area contributed by atoms with E-state index in [1.165, 1.54) is 6.26 Å². The lowest BCUT2D eigenvalue weighted by molar-refractivity contribution is 0.0996. The van der Waals surface area contributed by atoms with Crippen LogP contribution in [0.2, 0.25) is 0 Å². The molecule has 0 aliphatic carbocycles. The smallest absolute Gasteiger partial charge is 0.291 e. The molecule has 5 nitrogen and oxygen atoms in total. The third-order valence-electron chi connectivity index (χ3n) is 3.00. The van der Waals surface area contributed by atoms with E-state index in [0.29, 0.717) is 11.4 Å². The Morgan fingerprint density at radius 1 is 1.10 bits per heavy atom. The minimum Gasteiger partial charge on any atom is -0.495 e. The van der Waals surface area contributed by atoms with Gasteiger partial charge in [0, 0.05) is 5.56 Å². The summed E-state index contributed by atoms with van der Waals surface area (Å²) in [5.41, 5.74) is 1.43. The Labute approximate surface area is 121 Å². The molecule has 0 bridgehead atoms. The molecule has 0 saturated carbocycles. The van der Waals surface area contributed by atoms with Crippen LogP contribution in [-0.4, -0.2) is 13.0 Å². The number of ether oxygens (including phenoxy) is 1. The first-order valence-electron chi connectivity index (χ1n) is 6.34. The van der Waals surface area contributed by atoms with E-state index in [1.54, 1.807) is 37.6 Å². The lowest BCUT2D eigenvalue weighted by atomic mass is 10.1. The highest BCUT2D eigenvalue weighted by molar-refractivity contribution is 6.03. The van der Waals surface area contributed by atoms with Crippen LogP contribution in [0.15, 0.2) is 63.8 Å². The number of hydrogen-bond donors (Lipinski definition) is 1. The van der Waals surface area contributed by atoms with Crippen molar-refractivity contribution in [1.82, 2.24) is 0 Å². The van der Waals surface area contributed by atoms with Crippen molar-refractivity contribution in [2.75, 3.05) is 12.4 Å². The zero-order valence-corrected chi connectivity index (χ0v) is 11.3. The maximum atomic E-state index is 12.0. The van der Waals surface area contributed by atoms with Crippen molar-refractivity contribution in [3.05, 3.63) is 60.8 Å². The fraction of sp³-hybridized carbons (Fsp3) is 0.0625. The van der Waals surface area contributed by atoms with Gasteiger partial charge in [0.15, 0.2) is 5.76 Å². The van der Waals surface area contributed by atoms with E-state index < -0.39 is 0 Å². The number of rotatable bonds is 4. The van der Waals surface area contributed by atoms with Crippen molar-refractivity contribution in [1.29, 1.82) is 0 Å². The lowest BCUT2D eigenvalue weighted by Gasteiger charge is -2.10. The van der Waals surface area contributed by atoms with Crippen LogP contribution in [-0.2, 0) is 0 Å². The minimum absolute atomic E-state index is 0.243. The van der Waals surface area contributed by atoms with Gasteiger partial charge in [-0.25, -0.2) is 0 Å². The number of methoxy groups -OCH3 is 1. The van der Waals surface area contributed by atoms with Gasteiger partial charge in [0.05, 0.1) is 25.3 Å². The molecule has 2 aromatic heterocycles. The van der Waals surface area contributed by atoms with E-state index in [0.717, 1.165) is 11.3 Å². The summed E-state index contributed by atoms with van der Waals surface area (Å²) in [5.74, 6) is 1.19. The van der Waals surface area contributed by atoms with E-state index in [4.69, 9.17) is 13.6 Å². The summed E-state index contributed by atoms with van der Waals surface area (Å²) in [6, 6.07) is 12.3. The number of furan rings is 2. The Balaban J connectivity index is 1.87. The Hall–Kier alpha value is -2.95. The Kier molecular flexibility index (Phi) is 3.47. The van der Waals surface area contributed by atoms with Gasteiger partial charge in [0.2, 0.25) is 0 Å². The molecular weight excluding hydrogens is 270 g/mol. The van der Waals surface area contributed by atoms with E-state index >= 15 is 0 Å².